The molecule has 0 atom stereocenters. The maximum absolute atomic E-state index is 3.92. The zero-order valence-electron chi connectivity index (χ0n) is 14.8. The van der Waals surface area contributed by atoms with Crippen LogP contribution in [-0.4, -0.2) is 0 Å². The van der Waals surface area contributed by atoms with Crippen LogP contribution in [0.4, 0.5) is 0 Å². The van der Waals surface area contributed by atoms with Crippen LogP contribution in [0.3, 0.4) is 0 Å². The molecule has 0 aromatic heterocycles. The van der Waals surface area contributed by atoms with Gasteiger partial charge in [0.05, 0.1) is 0 Å². The van der Waals surface area contributed by atoms with Crippen LogP contribution in [0.1, 0.15) is 73.0 Å². The fourth-order valence-electron chi connectivity index (χ4n) is 1.42. The van der Waals surface area contributed by atoms with Crippen molar-refractivity contribution < 1.29 is 1.43 Å². The van der Waals surface area contributed by atoms with Crippen LogP contribution in [0, 0.1) is 13.8 Å². The second-order valence-corrected chi connectivity index (χ2v) is 5.20. The molecule has 0 heteroatoms. The van der Waals surface area contributed by atoms with Gasteiger partial charge in [-0.05, 0) is 58.1 Å². The van der Waals surface area contributed by atoms with Crippen molar-refractivity contribution in [2.24, 2.45) is 0 Å². The second-order valence-electron chi connectivity index (χ2n) is 5.20. The molecule has 0 bridgehead atoms. The topological polar surface area (TPSA) is 0 Å². The largest absolute Gasteiger partial charge is 0.100 e. The lowest BCUT2D eigenvalue weighted by atomic mass is 10.00. The van der Waals surface area contributed by atoms with E-state index in [-0.39, 0.29) is 8.85 Å². The zero-order valence-corrected chi connectivity index (χ0v) is 14.8. The molecule has 0 radical (unpaired) electrons. The van der Waals surface area contributed by atoms with Gasteiger partial charge in [0.2, 0.25) is 0 Å². The van der Waals surface area contributed by atoms with Crippen molar-refractivity contribution in [1.29, 1.82) is 0 Å². The molecular weight excluding hydrogens is 252 g/mol. The van der Waals surface area contributed by atoms with Crippen LogP contribution in [0.2, 0.25) is 0 Å². The molecule has 0 heterocycles. The molecule has 0 aliphatic rings. The van der Waals surface area contributed by atoms with E-state index in [0.29, 0.717) is 0 Å². The number of rotatable bonds is 4. The standard InChI is InChI=1S/C13H18.C5H10.C2H6.CH4.H2/c1-10(2)5-8-13-9-11(3)6-7-12(13)4;1-4-5(2)3;1-2;;/h6-7,9H,1,5,8H2,2-4H3;2,4H2,1,3H3;1-2H3;1H4;1H. The number of benzene rings is 1. The van der Waals surface area contributed by atoms with Crippen LogP contribution in [0.25, 0.3) is 0 Å². The smallest absolute Gasteiger partial charge is 0 e. The van der Waals surface area contributed by atoms with E-state index in [9.17, 15) is 0 Å². The minimum Gasteiger partial charge on any atom is -0.100 e. The summed E-state index contributed by atoms with van der Waals surface area (Å²) in [5.41, 5.74) is 6.73. The van der Waals surface area contributed by atoms with E-state index in [1.165, 1.54) is 27.8 Å². The number of allylic oxidation sites excluding steroid dienone is 2. The Hall–Kier alpha value is -1.30. The summed E-state index contributed by atoms with van der Waals surface area (Å²) in [4.78, 5) is 0. The fourth-order valence-corrected chi connectivity index (χ4v) is 1.42. The summed E-state index contributed by atoms with van der Waals surface area (Å²) in [6, 6.07) is 6.64. The Balaban J connectivity index is -0.000000156. The van der Waals surface area contributed by atoms with Crippen LogP contribution in [0.5, 0.6) is 0 Å². The van der Waals surface area contributed by atoms with Crippen molar-refractivity contribution in [1.82, 2.24) is 0 Å². The third-order valence-corrected chi connectivity index (χ3v) is 2.93. The first-order valence-electron chi connectivity index (χ1n) is 7.71. The normalized spacial score (nSPS) is 8.33. The van der Waals surface area contributed by atoms with Gasteiger partial charge in [0, 0.05) is 1.43 Å². The predicted octanol–water partition coefficient (Wildman–Crippen LogP) is 7.69. The highest BCUT2D eigenvalue weighted by atomic mass is 14.0. The molecule has 0 unspecified atom stereocenters. The molecule has 0 aliphatic carbocycles. The summed E-state index contributed by atoms with van der Waals surface area (Å²) in [6.45, 7) is 22.1. The predicted molar refractivity (Wildman–Crippen MR) is 104 cm³/mol. The molecule has 0 spiro atoms. The minimum atomic E-state index is 0. The lowest BCUT2D eigenvalue weighted by Crippen LogP contribution is -1.91. The molecule has 0 fully saturated rings. The van der Waals surface area contributed by atoms with Crippen LogP contribution in [0.15, 0.2) is 42.5 Å². The first-order valence-corrected chi connectivity index (χ1v) is 7.71. The van der Waals surface area contributed by atoms with Gasteiger partial charge in [-0.25, -0.2) is 0 Å². The summed E-state index contributed by atoms with van der Waals surface area (Å²) in [5, 5.41) is 0. The van der Waals surface area contributed by atoms with Gasteiger partial charge >= 0.3 is 0 Å². The Kier molecular flexibility index (Phi) is 17.8. The molecular formula is C21H40. The molecule has 1 aromatic carbocycles. The number of aryl methyl sites for hydroxylation is 3. The van der Waals surface area contributed by atoms with E-state index in [0.717, 1.165) is 19.3 Å². The van der Waals surface area contributed by atoms with Gasteiger partial charge in [0.15, 0.2) is 0 Å². The monoisotopic (exact) mass is 292 g/mol. The highest BCUT2D eigenvalue weighted by molar-refractivity contribution is 5.30. The molecule has 0 nitrogen and oxygen atoms in total. The van der Waals surface area contributed by atoms with Crippen molar-refractivity contribution in [3.63, 3.8) is 0 Å². The average molecular weight is 293 g/mol. The molecule has 1 aromatic rings. The maximum Gasteiger partial charge on any atom is 0 e. The Morgan fingerprint density at radius 2 is 1.52 bits per heavy atom. The lowest BCUT2D eigenvalue weighted by molar-refractivity contribution is 0.934. The van der Waals surface area contributed by atoms with Gasteiger partial charge in [-0.3, -0.25) is 0 Å². The molecule has 0 N–H and O–H groups in total. The first-order chi connectivity index (χ1) is 9.36. The van der Waals surface area contributed by atoms with Crippen molar-refractivity contribution in [3.8, 4) is 0 Å². The van der Waals surface area contributed by atoms with Crippen LogP contribution >= 0.6 is 0 Å². The molecule has 1 rings (SSSR count). The van der Waals surface area contributed by atoms with Gasteiger partial charge in [0.1, 0.15) is 0 Å². The Bertz CT molecular complexity index is 402. The van der Waals surface area contributed by atoms with Crippen molar-refractivity contribution in [2.45, 2.75) is 75.2 Å². The third kappa shape index (κ3) is 14.9. The van der Waals surface area contributed by atoms with Crippen LogP contribution in [-0.2, 0) is 6.42 Å². The lowest BCUT2D eigenvalue weighted by Gasteiger charge is -2.06. The van der Waals surface area contributed by atoms with Gasteiger partial charge in [0.25, 0.3) is 0 Å². The summed E-state index contributed by atoms with van der Waals surface area (Å²) in [5.74, 6) is 0. The summed E-state index contributed by atoms with van der Waals surface area (Å²) >= 11 is 0. The summed E-state index contributed by atoms with van der Waals surface area (Å²) in [7, 11) is 0. The number of hydrogen-bond acceptors (Lipinski definition) is 0. The highest BCUT2D eigenvalue weighted by Gasteiger charge is 1.98. The third-order valence-electron chi connectivity index (χ3n) is 2.93. The quantitative estimate of drug-likeness (QED) is 0.499. The van der Waals surface area contributed by atoms with Gasteiger partial charge in [-0.2, -0.15) is 0 Å². The molecule has 0 saturated heterocycles. The highest BCUT2D eigenvalue weighted by Crippen LogP contribution is 2.14. The fraction of sp³-hybridized carbons (Fsp3) is 0.524. The maximum atomic E-state index is 3.92. The first kappa shape index (κ1) is 24.7. The number of hydrogen-bond donors (Lipinski definition) is 0. The Morgan fingerprint density at radius 3 is 1.90 bits per heavy atom. The van der Waals surface area contributed by atoms with Crippen LogP contribution < -0.4 is 0 Å². The van der Waals surface area contributed by atoms with E-state index >= 15 is 0 Å². The van der Waals surface area contributed by atoms with E-state index < -0.39 is 0 Å². The van der Waals surface area contributed by atoms with E-state index in [2.05, 4.69) is 59.1 Å². The Morgan fingerprint density at radius 1 is 1.05 bits per heavy atom. The molecule has 0 aliphatic heterocycles. The average Bonchev–Trinajstić information content (AvgIpc) is 2.42. The molecule has 21 heavy (non-hydrogen) atoms. The zero-order chi connectivity index (χ0) is 16.1. The molecule has 124 valence electrons. The van der Waals surface area contributed by atoms with Gasteiger partial charge in [-0.15, -0.1) is 13.2 Å². The van der Waals surface area contributed by atoms with Gasteiger partial charge < -0.3 is 0 Å². The summed E-state index contributed by atoms with van der Waals surface area (Å²) < 4.78 is 0. The minimum absolute atomic E-state index is 0. The van der Waals surface area contributed by atoms with E-state index in [4.69, 9.17) is 0 Å². The van der Waals surface area contributed by atoms with Gasteiger partial charge in [-0.1, -0.05) is 63.1 Å². The van der Waals surface area contributed by atoms with E-state index in [1.807, 2.05) is 20.8 Å². The van der Waals surface area contributed by atoms with Crippen molar-refractivity contribution in [3.05, 3.63) is 59.2 Å². The summed E-state index contributed by atoms with van der Waals surface area (Å²) in [6.07, 6.45) is 3.34. The molecule has 0 amide bonds. The van der Waals surface area contributed by atoms with Crippen molar-refractivity contribution in [2.75, 3.05) is 0 Å². The van der Waals surface area contributed by atoms with Crippen molar-refractivity contribution >= 4 is 0 Å². The van der Waals surface area contributed by atoms with E-state index in [1.54, 1.807) is 0 Å². The Labute approximate surface area is 136 Å². The molecule has 0 saturated carbocycles. The SMILES string of the molecule is C.C=C(C)CC.C=C(C)CCc1cc(C)ccc1C.CC.[HH]. The second kappa shape index (κ2) is 15.1.